The van der Waals surface area contributed by atoms with Crippen LogP contribution in [-0.4, -0.2) is 5.21 Å². The van der Waals surface area contributed by atoms with Crippen molar-refractivity contribution in [1.82, 2.24) is 0 Å². The molecule has 0 radical (unpaired) electrons. The van der Waals surface area contributed by atoms with Crippen LogP contribution in [0.4, 0.5) is 11.4 Å². The molecule has 0 spiro atoms. The van der Waals surface area contributed by atoms with Crippen molar-refractivity contribution in [3.8, 4) is 0 Å². The Balaban J connectivity index is 3.34. The number of hydrogen-bond acceptors (Lipinski definition) is 8. The van der Waals surface area contributed by atoms with Gasteiger partial charge < -0.3 is 0 Å². The summed E-state index contributed by atoms with van der Waals surface area (Å²) in [6.45, 7) is 0. The van der Waals surface area contributed by atoms with Crippen molar-refractivity contribution in [1.29, 1.82) is 10.8 Å². The smallest absolute Gasteiger partial charge is 0.216 e. The molecule has 0 heterocycles. The number of nitrogens with zero attached hydrogens (tertiary/aromatic N) is 1. The van der Waals surface area contributed by atoms with E-state index in [1.807, 2.05) is 0 Å². The highest BCUT2D eigenvalue weighted by Gasteiger charge is 2.16. The average Bonchev–Trinajstić information content (AvgIpc) is 2.40. The molecule has 0 saturated heterocycles. The zero-order chi connectivity index (χ0) is 13.4. The van der Waals surface area contributed by atoms with Gasteiger partial charge in [0, 0.05) is 0 Å². The molecule has 0 unspecified atom stereocenters. The Kier molecular flexibility index (Phi) is 2.56. The molecule has 0 saturated carbocycles. The van der Waals surface area contributed by atoms with Gasteiger partial charge in [0.15, 0.2) is 0 Å². The van der Waals surface area contributed by atoms with Crippen molar-refractivity contribution >= 4 is 22.1 Å². The Morgan fingerprint density at radius 1 is 1.06 bits per heavy atom. The first-order valence-electron chi connectivity index (χ1n) is 4.70. The van der Waals surface area contributed by atoms with Crippen LogP contribution in [-0.2, 0) is 0 Å². The van der Waals surface area contributed by atoms with Gasteiger partial charge >= 0.3 is 0 Å². The zero-order valence-electron chi connectivity index (χ0n) is 8.77. The number of fused-ring (bicyclic) bond motifs is 1. The third-order valence-electron chi connectivity index (χ3n) is 2.56. The van der Waals surface area contributed by atoms with Crippen LogP contribution < -0.4 is 27.1 Å². The van der Waals surface area contributed by atoms with Crippen molar-refractivity contribution in [2.24, 2.45) is 5.18 Å². The first-order valence-corrected chi connectivity index (χ1v) is 4.70. The first-order chi connectivity index (χ1) is 8.52. The minimum absolute atomic E-state index is 0.118. The Morgan fingerprint density at radius 3 is 2.11 bits per heavy atom. The maximum Gasteiger partial charge on any atom is 0.216 e. The molecule has 4 N–H and O–H groups in total. The summed E-state index contributed by atoms with van der Waals surface area (Å²) in [5, 5.41) is 23.9. The van der Waals surface area contributed by atoms with Gasteiger partial charge in [-0.05, 0) is 17.3 Å². The van der Waals surface area contributed by atoms with Crippen LogP contribution >= 0.6 is 0 Å². The van der Waals surface area contributed by atoms with Crippen molar-refractivity contribution in [3.05, 3.63) is 48.2 Å². The molecule has 18 heavy (non-hydrogen) atoms. The topological polar surface area (TPSA) is 144 Å². The van der Waals surface area contributed by atoms with E-state index in [0.717, 1.165) is 6.07 Å². The lowest BCUT2D eigenvalue weighted by atomic mass is 10.1. The summed E-state index contributed by atoms with van der Waals surface area (Å²) >= 11 is 0. The normalized spacial score (nSPS) is 10.5. The maximum atomic E-state index is 11.8. The van der Waals surface area contributed by atoms with E-state index in [0.29, 0.717) is 0 Å². The minimum atomic E-state index is -0.943. The Labute approximate surface area is 97.8 Å². The second-order valence-corrected chi connectivity index (χ2v) is 3.49. The number of anilines is 1. The van der Waals surface area contributed by atoms with E-state index in [2.05, 4.69) is 5.18 Å². The summed E-state index contributed by atoms with van der Waals surface area (Å²) in [6, 6.07) is 2.32. The lowest BCUT2D eigenvalue weighted by molar-refractivity contribution is 0.390. The molecule has 8 heteroatoms. The van der Waals surface area contributed by atoms with E-state index in [-0.39, 0.29) is 22.1 Å². The van der Waals surface area contributed by atoms with Crippen molar-refractivity contribution in [2.75, 3.05) is 5.48 Å². The molecule has 0 amide bonds. The lowest BCUT2D eigenvalue weighted by Gasteiger charge is -2.04. The summed E-state index contributed by atoms with van der Waals surface area (Å²) in [5.41, 5.74) is -0.578. The Hall–Kier alpha value is -2.74. The van der Waals surface area contributed by atoms with Gasteiger partial charge in [0.2, 0.25) is 10.9 Å². The van der Waals surface area contributed by atoms with E-state index in [9.17, 15) is 14.5 Å². The third kappa shape index (κ3) is 1.36. The zero-order valence-corrected chi connectivity index (χ0v) is 8.77. The van der Waals surface area contributed by atoms with Crippen LogP contribution in [0.5, 0.6) is 0 Å². The summed E-state index contributed by atoms with van der Waals surface area (Å²) in [5.74, 6) is 0. The highest BCUT2D eigenvalue weighted by Crippen LogP contribution is 2.25. The molecule has 0 bridgehead atoms. The van der Waals surface area contributed by atoms with E-state index in [1.54, 1.807) is 5.48 Å². The average molecular weight is 246 g/mol. The Morgan fingerprint density at radius 2 is 1.61 bits per heavy atom. The second-order valence-electron chi connectivity index (χ2n) is 3.49. The molecule has 2 aromatic rings. The predicted octanol–water partition coefficient (Wildman–Crippen LogP) is -0.406. The number of rotatable bonds is 2. The minimum Gasteiger partial charge on any atom is -0.295 e. The SMILES string of the molecule is N=c1c(=N)c(=O)c2c(NO)ccc(N=O)c2c1=O. The summed E-state index contributed by atoms with van der Waals surface area (Å²) < 4.78 is 0. The second kappa shape index (κ2) is 3.93. The van der Waals surface area contributed by atoms with Crippen LogP contribution in [0, 0.1) is 15.7 Å². The molecular formula is C10H6N4O4. The first kappa shape index (κ1) is 11.7. The largest absolute Gasteiger partial charge is 0.295 e. The van der Waals surface area contributed by atoms with Crippen LogP contribution in [0.25, 0.3) is 10.8 Å². The summed E-state index contributed by atoms with van der Waals surface area (Å²) in [7, 11) is 0. The third-order valence-corrected chi connectivity index (χ3v) is 2.56. The fraction of sp³-hybridized carbons (Fsp3) is 0. The molecule has 0 atom stereocenters. The number of hydrogen-bond donors (Lipinski definition) is 4. The standard InChI is InChI=1S/C10H6N4O4/c11-7-8(12)10(16)6-4(14-18)2-1-3(13-17)5(6)9(7)15/h1-2,11-13,17H. The molecule has 0 aliphatic heterocycles. The molecular weight excluding hydrogens is 240 g/mol. The van der Waals surface area contributed by atoms with Crippen LogP contribution in [0.15, 0.2) is 26.9 Å². The van der Waals surface area contributed by atoms with Crippen molar-refractivity contribution in [3.63, 3.8) is 0 Å². The van der Waals surface area contributed by atoms with Gasteiger partial charge in [0.05, 0.1) is 16.5 Å². The molecule has 0 aromatic heterocycles. The fourth-order valence-electron chi connectivity index (χ4n) is 1.70. The quantitative estimate of drug-likeness (QED) is 0.420. The monoisotopic (exact) mass is 246 g/mol. The number of benzene rings is 2. The molecule has 0 fully saturated rings. The predicted molar refractivity (Wildman–Crippen MR) is 61.4 cm³/mol. The van der Waals surface area contributed by atoms with Crippen molar-refractivity contribution in [2.45, 2.75) is 0 Å². The highest BCUT2D eigenvalue weighted by atomic mass is 16.5. The van der Waals surface area contributed by atoms with Crippen molar-refractivity contribution < 1.29 is 5.21 Å². The fourth-order valence-corrected chi connectivity index (χ4v) is 1.70. The van der Waals surface area contributed by atoms with Gasteiger partial charge in [-0.3, -0.25) is 31.1 Å². The molecule has 0 aliphatic rings. The highest BCUT2D eigenvalue weighted by molar-refractivity contribution is 6.00. The van der Waals surface area contributed by atoms with E-state index < -0.39 is 21.6 Å². The van der Waals surface area contributed by atoms with Gasteiger partial charge in [-0.2, -0.15) is 0 Å². The van der Waals surface area contributed by atoms with Crippen LogP contribution in [0.3, 0.4) is 0 Å². The molecule has 2 rings (SSSR count). The summed E-state index contributed by atoms with van der Waals surface area (Å²) in [6.07, 6.45) is 0. The molecule has 8 nitrogen and oxygen atoms in total. The van der Waals surface area contributed by atoms with Gasteiger partial charge in [0.1, 0.15) is 16.4 Å². The Bertz CT molecular complexity index is 865. The van der Waals surface area contributed by atoms with E-state index in [1.165, 1.54) is 6.07 Å². The maximum absolute atomic E-state index is 11.8. The van der Waals surface area contributed by atoms with Gasteiger partial charge in [-0.15, -0.1) is 4.91 Å². The van der Waals surface area contributed by atoms with Gasteiger partial charge in [0.25, 0.3) is 0 Å². The molecule has 2 aromatic carbocycles. The number of nitrogens with one attached hydrogen (secondary N) is 3. The van der Waals surface area contributed by atoms with E-state index in [4.69, 9.17) is 16.0 Å². The van der Waals surface area contributed by atoms with Crippen LogP contribution in [0.1, 0.15) is 0 Å². The summed E-state index contributed by atoms with van der Waals surface area (Å²) in [4.78, 5) is 34.2. The van der Waals surface area contributed by atoms with Crippen LogP contribution in [0.2, 0.25) is 0 Å². The number of nitroso groups, excluding NO2 is 1. The molecule has 90 valence electrons. The van der Waals surface area contributed by atoms with Gasteiger partial charge in [-0.25, -0.2) is 0 Å². The molecule has 0 aliphatic carbocycles. The van der Waals surface area contributed by atoms with Gasteiger partial charge in [-0.1, -0.05) is 0 Å². The lowest BCUT2D eigenvalue weighted by Crippen LogP contribution is -2.47. The van der Waals surface area contributed by atoms with E-state index >= 15 is 0 Å².